The lowest BCUT2D eigenvalue weighted by Crippen LogP contribution is -2.24. The number of esters is 1. The van der Waals surface area contributed by atoms with Gasteiger partial charge in [0, 0.05) is 0 Å². The summed E-state index contributed by atoms with van der Waals surface area (Å²) < 4.78 is 11.0. The summed E-state index contributed by atoms with van der Waals surface area (Å²) >= 11 is 5.87. The molecule has 0 saturated carbocycles. The Morgan fingerprint density at radius 2 is 2.32 bits per heavy atom. The number of nitrogen functional groups attached to an aromatic ring is 1. The molecule has 1 aliphatic heterocycles. The van der Waals surface area contributed by atoms with Crippen LogP contribution in [0.5, 0.6) is 0 Å². The van der Waals surface area contributed by atoms with Crippen LogP contribution in [0.4, 0.5) is 5.69 Å². The first kappa shape index (κ1) is 14.2. The maximum absolute atomic E-state index is 11.9. The summed E-state index contributed by atoms with van der Waals surface area (Å²) in [5, 5.41) is 0.354. The van der Waals surface area contributed by atoms with Crippen LogP contribution in [0.25, 0.3) is 0 Å². The Balaban J connectivity index is 1.93. The Morgan fingerprint density at radius 1 is 1.58 bits per heavy atom. The average Bonchev–Trinajstić information content (AvgIpc) is 2.69. The number of hydrogen-bond acceptors (Lipinski definition) is 4. The number of rotatable bonds is 3. The van der Waals surface area contributed by atoms with Gasteiger partial charge in [0.2, 0.25) is 0 Å². The predicted octanol–water partition coefficient (Wildman–Crippen LogP) is 3.04. The molecule has 0 spiro atoms. The molecular formula is C14H18ClNO3. The number of carbonyl (C=O) groups excluding carboxylic acids is 1. The normalized spacial score (nSPS) is 21.3. The van der Waals surface area contributed by atoms with Gasteiger partial charge in [0.1, 0.15) is 6.61 Å². The van der Waals surface area contributed by atoms with Crippen molar-refractivity contribution < 1.29 is 14.3 Å². The van der Waals surface area contributed by atoms with E-state index >= 15 is 0 Å². The summed E-state index contributed by atoms with van der Waals surface area (Å²) in [6, 6.07) is 4.91. The molecule has 104 valence electrons. The highest BCUT2D eigenvalue weighted by atomic mass is 35.5. The summed E-state index contributed by atoms with van der Waals surface area (Å²) in [4.78, 5) is 11.9. The van der Waals surface area contributed by atoms with E-state index in [9.17, 15) is 4.79 Å². The van der Waals surface area contributed by atoms with E-state index in [4.69, 9.17) is 26.8 Å². The van der Waals surface area contributed by atoms with Crippen molar-refractivity contribution in [3.63, 3.8) is 0 Å². The zero-order valence-electron chi connectivity index (χ0n) is 11.1. The molecule has 2 rings (SSSR count). The van der Waals surface area contributed by atoms with Gasteiger partial charge in [-0.2, -0.15) is 0 Å². The number of ether oxygens (including phenoxy) is 2. The molecule has 0 aliphatic carbocycles. The number of halogens is 1. The molecule has 1 aromatic carbocycles. The summed E-state index contributed by atoms with van der Waals surface area (Å²) in [7, 11) is 0. The first-order valence-electron chi connectivity index (χ1n) is 6.28. The number of hydrogen-bond donors (Lipinski definition) is 1. The molecule has 1 saturated heterocycles. The Hall–Kier alpha value is -1.26. The van der Waals surface area contributed by atoms with Crippen molar-refractivity contribution in [1.82, 2.24) is 0 Å². The minimum Gasteiger partial charge on any atom is -0.459 e. The molecule has 1 aliphatic rings. The molecule has 4 nitrogen and oxygen atoms in total. The fraction of sp³-hybridized carbons (Fsp3) is 0.500. The number of anilines is 1. The van der Waals surface area contributed by atoms with Gasteiger partial charge >= 0.3 is 5.97 Å². The third-order valence-electron chi connectivity index (χ3n) is 3.23. The fourth-order valence-corrected chi connectivity index (χ4v) is 2.33. The van der Waals surface area contributed by atoms with Crippen LogP contribution in [0.3, 0.4) is 0 Å². The van der Waals surface area contributed by atoms with Crippen molar-refractivity contribution in [2.24, 2.45) is 0 Å². The van der Waals surface area contributed by atoms with Crippen LogP contribution in [-0.4, -0.2) is 24.3 Å². The Morgan fingerprint density at radius 3 is 2.95 bits per heavy atom. The molecule has 1 aromatic rings. The first-order chi connectivity index (χ1) is 8.89. The van der Waals surface area contributed by atoms with Crippen LogP contribution >= 0.6 is 11.6 Å². The predicted molar refractivity (Wildman–Crippen MR) is 74.3 cm³/mol. The highest BCUT2D eigenvalue weighted by Gasteiger charge is 2.32. The lowest BCUT2D eigenvalue weighted by atomic mass is 10.1. The van der Waals surface area contributed by atoms with Crippen LogP contribution in [-0.2, 0) is 9.47 Å². The van der Waals surface area contributed by atoms with Gasteiger partial charge in [-0.3, -0.25) is 0 Å². The average molecular weight is 284 g/mol. The zero-order chi connectivity index (χ0) is 14.0. The smallest absolute Gasteiger partial charge is 0.340 e. The fourth-order valence-electron chi connectivity index (χ4n) is 2.16. The highest BCUT2D eigenvalue weighted by molar-refractivity contribution is 6.33. The minimum atomic E-state index is -0.465. The second-order valence-corrected chi connectivity index (χ2v) is 5.74. The first-order valence-corrected chi connectivity index (χ1v) is 6.66. The van der Waals surface area contributed by atoms with Gasteiger partial charge in [0.25, 0.3) is 0 Å². The van der Waals surface area contributed by atoms with E-state index in [0.717, 1.165) is 12.8 Å². The van der Waals surface area contributed by atoms with Crippen LogP contribution in [0, 0.1) is 0 Å². The van der Waals surface area contributed by atoms with Crippen LogP contribution < -0.4 is 5.73 Å². The third kappa shape index (κ3) is 3.39. The molecule has 1 unspecified atom stereocenters. The largest absolute Gasteiger partial charge is 0.459 e. The van der Waals surface area contributed by atoms with E-state index in [2.05, 4.69) is 0 Å². The van der Waals surface area contributed by atoms with Gasteiger partial charge in [-0.25, -0.2) is 4.79 Å². The highest BCUT2D eigenvalue weighted by Crippen LogP contribution is 2.30. The monoisotopic (exact) mass is 283 g/mol. The van der Waals surface area contributed by atoms with Crippen molar-refractivity contribution in [3.8, 4) is 0 Å². The Bertz CT molecular complexity index is 488. The standard InChI is InChI=1S/C14H18ClNO3/c1-14(2)7-6-9(19-14)8-18-13(17)10-4-3-5-11(15)12(10)16/h3-5,9H,6-8,16H2,1-2H3. The quantitative estimate of drug-likeness (QED) is 0.684. The summed E-state index contributed by atoms with van der Waals surface area (Å²) in [5.74, 6) is -0.465. The van der Waals surface area contributed by atoms with E-state index in [1.165, 1.54) is 0 Å². The van der Waals surface area contributed by atoms with Gasteiger partial charge in [-0.1, -0.05) is 17.7 Å². The van der Waals surface area contributed by atoms with Crippen molar-refractivity contribution in [2.45, 2.75) is 38.4 Å². The summed E-state index contributed by atoms with van der Waals surface area (Å²) in [5.41, 5.74) is 6.16. The summed E-state index contributed by atoms with van der Waals surface area (Å²) in [6.07, 6.45) is 1.82. The minimum absolute atomic E-state index is 0.0423. The molecule has 1 fully saturated rings. The lowest BCUT2D eigenvalue weighted by molar-refractivity contribution is -0.0444. The number of para-hydroxylation sites is 1. The zero-order valence-corrected chi connectivity index (χ0v) is 11.9. The van der Waals surface area contributed by atoms with Gasteiger partial charge in [0.05, 0.1) is 28.0 Å². The van der Waals surface area contributed by atoms with Crippen LogP contribution in [0.2, 0.25) is 5.02 Å². The molecule has 0 amide bonds. The van der Waals surface area contributed by atoms with Crippen molar-refractivity contribution >= 4 is 23.3 Å². The Labute approximate surface area is 117 Å². The SMILES string of the molecule is CC1(C)CCC(COC(=O)c2cccc(Cl)c2N)O1. The molecule has 1 atom stereocenters. The van der Waals surface area contributed by atoms with E-state index in [0.29, 0.717) is 10.6 Å². The lowest BCUT2D eigenvalue weighted by Gasteiger charge is -2.19. The molecule has 0 aromatic heterocycles. The topological polar surface area (TPSA) is 61.5 Å². The summed E-state index contributed by atoms with van der Waals surface area (Å²) in [6.45, 7) is 4.31. The van der Waals surface area contributed by atoms with Gasteiger partial charge in [-0.15, -0.1) is 0 Å². The number of nitrogens with two attached hydrogens (primary N) is 1. The van der Waals surface area contributed by atoms with Crippen LogP contribution in [0.1, 0.15) is 37.0 Å². The maximum Gasteiger partial charge on any atom is 0.340 e. The number of carbonyl (C=O) groups is 1. The third-order valence-corrected chi connectivity index (χ3v) is 3.56. The molecule has 2 N–H and O–H groups in total. The van der Waals surface area contributed by atoms with E-state index in [1.807, 2.05) is 13.8 Å². The van der Waals surface area contributed by atoms with Crippen molar-refractivity contribution in [3.05, 3.63) is 28.8 Å². The van der Waals surface area contributed by atoms with E-state index in [1.54, 1.807) is 18.2 Å². The van der Waals surface area contributed by atoms with Crippen molar-refractivity contribution in [1.29, 1.82) is 0 Å². The molecule has 1 heterocycles. The molecule has 5 heteroatoms. The van der Waals surface area contributed by atoms with E-state index < -0.39 is 5.97 Å². The van der Waals surface area contributed by atoms with E-state index in [-0.39, 0.29) is 24.0 Å². The molecular weight excluding hydrogens is 266 g/mol. The van der Waals surface area contributed by atoms with Crippen LogP contribution in [0.15, 0.2) is 18.2 Å². The van der Waals surface area contributed by atoms with Gasteiger partial charge in [0.15, 0.2) is 0 Å². The van der Waals surface area contributed by atoms with Gasteiger partial charge < -0.3 is 15.2 Å². The molecule has 0 radical (unpaired) electrons. The Kier molecular flexibility index (Phi) is 4.02. The second-order valence-electron chi connectivity index (χ2n) is 5.34. The van der Waals surface area contributed by atoms with Gasteiger partial charge in [-0.05, 0) is 38.8 Å². The maximum atomic E-state index is 11.9. The second kappa shape index (κ2) is 5.39. The number of benzene rings is 1. The molecule has 0 bridgehead atoms. The molecule has 19 heavy (non-hydrogen) atoms. The van der Waals surface area contributed by atoms with Crippen molar-refractivity contribution in [2.75, 3.05) is 12.3 Å².